The molecule has 1 N–H and O–H groups in total. The Morgan fingerprint density at radius 3 is 2.88 bits per heavy atom. The third-order valence-electron chi connectivity index (χ3n) is 2.64. The van der Waals surface area contributed by atoms with Crippen LogP contribution in [-0.2, 0) is 0 Å². The molecule has 17 heavy (non-hydrogen) atoms. The maximum atomic E-state index is 13.5. The molecule has 0 unspecified atom stereocenters. The van der Waals surface area contributed by atoms with Crippen LogP contribution in [0, 0.1) is 5.82 Å². The number of carbonyl (C=O) groups excluding carboxylic acids is 1. The van der Waals surface area contributed by atoms with Crippen LogP contribution in [0.25, 0.3) is 0 Å². The molecule has 1 heterocycles. The van der Waals surface area contributed by atoms with Gasteiger partial charge < -0.3 is 14.7 Å². The molecule has 1 aromatic rings. The molecule has 1 aromatic carbocycles. The maximum Gasteiger partial charge on any atom is 0.257 e. The predicted molar refractivity (Wildman–Crippen MR) is 59.5 cm³/mol. The standard InChI is InChI=1S/C12H14FNO3/c1-2-17-11-9(4-3-5-10(11)13)12(16)14-6-8(15)7-14/h3-5,8,15H,2,6-7H2,1H3. The van der Waals surface area contributed by atoms with Gasteiger partial charge in [-0.05, 0) is 19.1 Å². The van der Waals surface area contributed by atoms with Crippen LogP contribution in [0.1, 0.15) is 17.3 Å². The van der Waals surface area contributed by atoms with E-state index in [9.17, 15) is 9.18 Å². The van der Waals surface area contributed by atoms with E-state index in [2.05, 4.69) is 0 Å². The van der Waals surface area contributed by atoms with E-state index in [-0.39, 0.29) is 17.2 Å². The topological polar surface area (TPSA) is 49.8 Å². The van der Waals surface area contributed by atoms with Crippen molar-refractivity contribution < 1.29 is 19.0 Å². The molecule has 0 aromatic heterocycles. The highest BCUT2D eigenvalue weighted by Crippen LogP contribution is 2.25. The first kappa shape index (κ1) is 11.9. The summed E-state index contributed by atoms with van der Waals surface area (Å²) in [6, 6.07) is 4.26. The molecule has 5 heteroatoms. The number of hydrogen-bond acceptors (Lipinski definition) is 3. The van der Waals surface area contributed by atoms with Gasteiger partial charge in [-0.2, -0.15) is 0 Å². The van der Waals surface area contributed by atoms with Crippen molar-refractivity contribution in [3.8, 4) is 5.75 Å². The number of para-hydroxylation sites is 1. The molecule has 2 rings (SSSR count). The molecule has 0 saturated carbocycles. The van der Waals surface area contributed by atoms with Gasteiger partial charge in [-0.1, -0.05) is 6.07 Å². The number of ether oxygens (including phenoxy) is 1. The van der Waals surface area contributed by atoms with Gasteiger partial charge in [0.25, 0.3) is 5.91 Å². The quantitative estimate of drug-likeness (QED) is 0.857. The van der Waals surface area contributed by atoms with E-state index in [1.807, 2.05) is 0 Å². The van der Waals surface area contributed by atoms with Gasteiger partial charge in [0.2, 0.25) is 0 Å². The second-order valence-electron chi connectivity index (χ2n) is 3.91. The van der Waals surface area contributed by atoms with Gasteiger partial charge in [0.05, 0.1) is 18.3 Å². The number of nitrogens with zero attached hydrogens (tertiary/aromatic N) is 1. The number of halogens is 1. The number of carbonyl (C=O) groups is 1. The van der Waals surface area contributed by atoms with Crippen LogP contribution in [-0.4, -0.2) is 41.7 Å². The molecule has 4 nitrogen and oxygen atoms in total. The van der Waals surface area contributed by atoms with Crippen LogP contribution in [0.5, 0.6) is 5.75 Å². The van der Waals surface area contributed by atoms with Gasteiger partial charge in [0, 0.05) is 13.1 Å². The van der Waals surface area contributed by atoms with E-state index in [1.54, 1.807) is 6.92 Å². The van der Waals surface area contributed by atoms with E-state index in [4.69, 9.17) is 9.84 Å². The summed E-state index contributed by atoms with van der Waals surface area (Å²) in [4.78, 5) is 13.4. The fraction of sp³-hybridized carbons (Fsp3) is 0.417. The Balaban J connectivity index is 2.25. The van der Waals surface area contributed by atoms with Gasteiger partial charge >= 0.3 is 0 Å². The molecule has 1 saturated heterocycles. The Hall–Kier alpha value is -1.62. The van der Waals surface area contributed by atoms with Gasteiger partial charge in [0.15, 0.2) is 11.6 Å². The molecule has 0 atom stereocenters. The fourth-order valence-corrected chi connectivity index (χ4v) is 1.76. The number of amides is 1. The highest BCUT2D eigenvalue weighted by Gasteiger charge is 2.31. The Morgan fingerprint density at radius 1 is 1.59 bits per heavy atom. The summed E-state index contributed by atoms with van der Waals surface area (Å²) in [5, 5.41) is 9.14. The summed E-state index contributed by atoms with van der Waals surface area (Å²) < 4.78 is 18.7. The molecular formula is C12H14FNO3. The minimum absolute atomic E-state index is 0.0126. The van der Waals surface area contributed by atoms with Crippen LogP contribution in [0.4, 0.5) is 4.39 Å². The van der Waals surface area contributed by atoms with Crippen LogP contribution >= 0.6 is 0 Å². The van der Waals surface area contributed by atoms with Crippen molar-refractivity contribution >= 4 is 5.91 Å². The SMILES string of the molecule is CCOc1c(F)cccc1C(=O)N1CC(O)C1. The zero-order valence-electron chi connectivity index (χ0n) is 9.52. The maximum absolute atomic E-state index is 13.5. The average molecular weight is 239 g/mol. The number of aliphatic hydroxyl groups excluding tert-OH is 1. The lowest BCUT2D eigenvalue weighted by atomic mass is 10.1. The Morgan fingerprint density at radius 2 is 2.29 bits per heavy atom. The minimum Gasteiger partial charge on any atom is -0.490 e. The van der Waals surface area contributed by atoms with Gasteiger partial charge in [-0.15, -0.1) is 0 Å². The summed E-state index contributed by atoms with van der Waals surface area (Å²) >= 11 is 0. The predicted octanol–water partition coefficient (Wildman–Crippen LogP) is 1.04. The Kier molecular flexibility index (Phi) is 3.28. The molecular weight excluding hydrogens is 225 g/mol. The molecule has 92 valence electrons. The molecule has 0 bridgehead atoms. The van der Waals surface area contributed by atoms with E-state index >= 15 is 0 Å². The normalized spacial score (nSPS) is 15.6. The molecule has 0 spiro atoms. The van der Waals surface area contributed by atoms with Crippen LogP contribution in [0.3, 0.4) is 0 Å². The van der Waals surface area contributed by atoms with Crippen LogP contribution in [0.2, 0.25) is 0 Å². The summed E-state index contributed by atoms with van der Waals surface area (Å²) in [7, 11) is 0. The lowest BCUT2D eigenvalue weighted by Crippen LogP contribution is -2.53. The van der Waals surface area contributed by atoms with Crippen molar-refractivity contribution in [1.29, 1.82) is 0 Å². The molecule has 1 aliphatic rings. The van der Waals surface area contributed by atoms with E-state index in [0.29, 0.717) is 19.7 Å². The largest absolute Gasteiger partial charge is 0.490 e. The lowest BCUT2D eigenvalue weighted by Gasteiger charge is -2.36. The minimum atomic E-state index is -0.543. The molecule has 0 aliphatic carbocycles. The van der Waals surface area contributed by atoms with Crippen LogP contribution in [0.15, 0.2) is 18.2 Å². The summed E-state index contributed by atoms with van der Waals surface area (Å²) in [6.45, 7) is 2.61. The van der Waals surface area contributed by atoms with Crippen molar-refractivity contribution in [1.82, 2.24) is 4.90 Å². The first-order valence-electron chi connectivity index (χ1n) is 5.52. The lowest BCUT2D eigenvalue weighted by molar-refractivity contribution is 0.00562. The third kappa shape index (κ3) is 2.24. The zero-order chi connectivity index (χ0) is 12.4. The van der Waals surface area contributed by atoms with Crippen molar-refractivity contribution in [3.05, 3.63) is 29.6 Å². The summed E-state index contributed by atoms with van der Waals surface area (Å²) in [5.41, 5.74) is 0.207. The Bertz CT molecular complexity index is 430. The average Bonchev–Trinajstić information content (AvgIpc) is 2.27. The summed E-state index contributed by atoms with van der Waals surface area (Å²) in [6.07, 6.45) is -0.469. The number of likely N-dealkylation sites (tertiary alicyclic amines) is 1. The van der Waals surface area contributed by atoms with Crippen molar-refractivity contribution in [2.24, 2.45) is 0 Å². The molecule has 0 radical (unpaired) electrons. The first-order chi connectivity index (χ1) is 8.13. The van der Waals surface area contributed by atoms with Gasteiger partial charge in [-0.3, -0.25) is 4.79 Å². The second-order valence-corrected chi connectivity index (χ2v) is 3.91. The fourth-order valence-electron chi connectivity index (χ4n) is 1.76. The van der Waals surface area contributed by atoms with E-state index in [1.165, 1.54) is 23.1 Å². The highest BCUT2D eigenvalue weighted by atomic mass is 19.1. The van der Waals surface area contributed by atoms with Crippen LogP contribution < -0.4 is 4.74 Å². The first-order valence-corrected chi connectivity index (χ1v) is 5.52. The molecule has 1 aliphatic heterocycles. The van der Waals surface area contributed by atoms with Crippen molar-refractivity contribution in [2.45, 2.75) is 13.0 Å². The zero-order valence-corrected chi connectivity index (χ0v) is 9.52. The third-order valence-corrected chi connectivity index (χ3v) is 2.64. The number of β-amino-alcohol motifs (C(OH)–C–C–N with tert-alkyl or cyclic N) is 1. The highest BCUT2D eigenvalue weighted by molar-refractivity contribution is 5.97. The van der Waals surface area contributed by atoms with Gasteiger partial charge in [-0.25, -0.2) is 4.39 Å². The number of hydrogen-bond donors (Lipinski definition) is 1. The molecule has 1 amide bonds. The Labute approximate surface area is 98.6 Å². The monoisotopic (exact) mass is 239 g/mol. The number of rotatable bonds is 3. The van der Waals surface area contributed by atoms with E-state index in [0.717, 1.165) is 0 Å². The van der Waals surface area contributed by atoms with Crippen molar-refractivity contribution in [2.75, 3.05) is 19.7 Å². The smallest absolute Gasteiger partial charge is 0.257 e. The number of aliphatic hydroxyl groups is 1. The molecule has 1 fully saturated rings. The summed E-state index contributed by atoms with van der Waals surface area (Å²) in [5.74, 6) is -0.863. The number of benzene rings is 1. The van der Waals surface area contributed by atoms with Crippen molar-refractivity contribution in [3.63, 3.8) is 0 Å². The second kappa shape index (κ2) is 4.71. The van der Waals surface area contributed by atoms with E-state index < -0.39 is 11.9 Å². The van der Waals surface area contributed by atoms with Gasteiger partial charge in [0.1, 0.15) is 0 Å².